The Labute approximate surface area is 225 Å². The molecule has 5 rings (SSSR count). The van der Waals surface area contributed by atoms with Crippen LogP contribution < -0.4 is 9.47 Å². The van der Waals surface area contributed by atoms with Gasteiger partial charge in [0.15, 0.2) is 11.5 Å². The Kier molecular flexibility index (Phi) is 9.09. The third-order valence-electron chi connectivity index (χ3n) is 7.73. The van der Waals surface area contributed by atoms with Gasteiger partial charge < -0.3 is 28.8 Å². The maximum atomic E-state index is 13.0. The number of ether oxygens (including phenoxy) is 4. The molecule has 8 nitrogen and oxygen atoms in total. The predicted octanol–water partition coefficient (Wildman–Crippen LogP) is 3.97. The van der Waals surface area contributed by atoms with Crippen LogP contribution in [0, 0.1) is 11.8 Å². The van der Waals surface area contributed by atoms with Crippen LogP contribution in [0.4, 0.5) is 0 Å². The summed E-state index contributed by atoms with van der Waals surface area (Å²) in [4.78, 5) is 21.2. The van der Waals surface area contributed by atoms with Crippen LogP contribution in [-0.2, 0) is 20.7 Å². The SMILES string of the molecule is COc1cc2[nH]c3c(c2cc1OC)CCN1C[C@H]2[C@H](C)OC=C(C(=O)OCCN(C)C)[C@H]2CC31.Cl.Cl. The minimum absolute atomic E-state index is 0. The molecule has 0 aliphatic carbocycles. The molecule has 2 aromatic rings. The summed E-state index contributed by atoms with van der Waals surface area (Å²) in [5, 5.41) is 1.19. The van der Waals surface area contributed by atoms with E-state index in [1.165, 1.54) is 16.6 Å². The van der Waals surface area contributed by atoms with Gasteiger partial charge in [-0.15, -0.1) is 24.8 Å². The number of piperidine rings is 1. The van der Waals surface area contributed by atoms with E-state index in [9.17, 15) is 4.79 Å². The number of methoxy groups -OCH3 is 2. The molecular weight excluding hydrogens is 505 g/mol. The second kappa shape index (κ2) is 11.5. The minimum atomic E-state index is -0.251. The fourth-order valence-electron chi connectivity index (χ4n) is 5.85. The predicted molar refractivity (Wildman–Crippen MR) is 144 cm³/mol. The maximum Gasteiger partial charge on any atom is 0.337 e. The molecule has 4 atom stereocenters. The van der Waals surface area contributed by atoms with Crippen molar-refractivity contribution in [3.05, 3.63) is 35.2 Å². The number of hydrogen-bond donors (Lipinski definition) is 1. The summed E-state index contributed by atoms with van der Waals surface area (Å²) in [7, 11) is 7.27. The van der Waals surface area contributed by atoms with E-state index in [0.29, 0.717) is 18.7 Å². The number of hydrogen-bond acceptors (Lipinski definition) is 7. The van der Waals surface area contributed by atoms with Crippen LogP contribution in [0.3, 0.4) is 0 Å². The van der Waals surface area contributed by atoms with E-state index in [-0.39, 0.29) is 54.8 Å². The number of rotatable bonds is 6. The van der Waals surface area contributed by atoms with Gasteiger partial charge in [-0.05, 0) is 45.5 Å². The normalized spacial score (nSPS) is 24.8. The Bertz CT molecular complexity index is 1120. The Morgan fingerprint density at radius 1 is 1.19 bits per heavy atom. The molecule has 1 fully saturated rings. The lowest BCUT2D eigenvalue weighted by Gasteiger charge is -2.49. The molecule has 0 radical (unpaired) electrons. The summed E-state index contributed by atoms with van der Waals surface area (Å²) in [5.41, 5.74) is 4.32. The number of aromatic nitrogens is 1. The van der Waals surface area contributed by atoms with Crippen molar-refractivity contribution in [1.29, 1.82) is 0 Å². The van der Waals surface area contributed by atoms with Crippen LogP contribution in [0.1, 0.15) is 30.6 Å². The van der Waals surface area contributed by atoms with Crippen molar-refractivity contribution in [1.82, 2.24) is 14.8 Å². The molecule has 1 unspecified atom stereocenters. The van der Waals surface area contributed by atoms with Gasteiger partial charge in [-0.25, -0.2) is 4.79 Å². The first-order valence-corrected chi connectivity index (χ1v) is 12.1. The Balaban J connectivity index is 0.00000180. The Morgan fingerprint density at radius 2 is 1.92 bits per heavy atom. The van der Waals surface area contributed by atoms with Crippen molar-refractivity contribution in [3.63, 3.8) is 0 Å². The van der Waals surface area contributed by atoms with Crippen LogP contribution in [-0.4, -0.2) is 81.4 Å². The molecule has 1 N–H and O–H groups in total. The summed E-state index contributed by atoms with van der Waals surface area (Å²) in [5.74, 6) is 1.59. The zero-order valence-corrected chi connectivity index (χ0v) is 23.2. The molecule has 36 heavy (non-hydrogen) atoms. The number of H-pyrrole nitrogens is 1. The molecule has 200 valence electrons. The summed E-state index contributed by atoms with van der Waals surface area (Å²) in [6.07, 6.45) is 3.57. The number of aromatic amines is 1. The second-order valence-corrected chi connectivity index (χ2v) is 9.89. The van der Waals surface area contributed by atoms with E-state index in [2.05, 4.69) is 22.9 Å². The van der Waals surface area contributed by atoms with Gasteiger partial charge in [0.25, 0.3) is 0 Å². The highest BCUT2D eigenvalue weighted by molar-refractivity contribution is 5.90. The van der Waals surface area contributed by atoms with Crippen molar-refractivity contribution in [2.45, 2.75) is 31.9 Å². The van der Waals surface area contributed by atoms with E-state index in [1.54, 1.807) is 20.5 Å². The summed E-state index contributed by atoms with van der Waals surface area (Å²) in [6.45, 7) is 5.08. The molecule has 0 spiro atoms. The van der Waals surface area contributed by atoms with Crippen LogP contribution in [0.15, 0.2) is 24.0 Å². The minimum Gasteiger partial charge on any atom is -0.497 e. The van der Waals surface area contributed by atoms with Gasteiger partial charge in [-0.1, -0.05) is 0 Å². The average Bonchev–Trinajstić information content (AvgIpc) is 3.20. The molecule has 1 aromatic heterocycles. The maximum absolute atomic E-state index is 13.0. The average molecular weight is 543 g/mol. The number of likely N-dealkylation sites (N-methyl/N-ethyl adjacent to an activating group) is 1. The summed E-state index contributed by atoms with van der Waals surface area (Å²) in [6, 6.07) is 4.32. The highest BCUT2D eigenvalue weighted by Gasteiger charge is 2.47. The van der Waals surface area contributed by atoms with Gasteiger partial charge in [-0.2, -0.15) is 0 Å². The van der Waals surface area contributed by atoms with Crippen molar-refractivity contribution in [2.24, 2.45) is 11.8 Å². The Hall–Kier alpha value is -2.13. The van der Waals surface area contributed by atoms with E-state index >= 15 is 0 Å². The van der Waals surface area contributed by atoms with Crippen molar-refractivity contribution in [3.8, 4) is 11.5 Å². The Morgan fingerprint density at radius 3 is 2.61 bits per heavy atom. The lowest BCUT2D eigenvalue weighted by molar-refractivity contribution is -0.142. The molecule has 1 aromatic carbocycles. The molecule has 0 amide bonds. The molecule has 0 bridgehead atoms. The third-order valence-corrected chi connectivity index (χ3v) is 7.73. The summed E-state index contributed by atoms with van der Waals surface area (Å²) >= 11 is 0. The summed E-state index contributed by atoms with van der Waals surface area (Å²) < 4.78 is 22.6. The number of nitrogens with zero attached hydrogens (tertiary/aromatic N) is 2. The zero-order chi connectivity index (χ0) is 24.0. The van der Waals surface area contributed by atoms with Crippen LogP contribution in [0.2, 0.25) is 0 Å². The van der Waals surface area contributed by atoms with E-state index in [0.717, 1.165) is 42.9 Å². The first-order chi connectivity index (χ1) is 16.4. The van der Waals surface area contributed by atoms with E-state index < -0.39 is 0 Å². The molecule has 4 heterocycles. The molecule has 0 saturated carbocycles. The standard InChI is InChI=1S/C26H35N3O5.2ClH/c1-15-19-13-29-7-6-16-18-11-23(31-4)24(32-5)12-21(18)27-25(16)22(29)10-17(19)20(14-34-15)26(30)33-9-8-28(2)3;;/h11-12,14-15,17,19,22,27H,6-10,13H2,1-5H3;2*1H/t15-,17-,19-,22?;;/m0../s1. The molecule has 1 saturated heterocycles. The van der Waals surface area contributed by atoms with Crippen molar-refractivity contribution < 1.29 is 23.7 Å². The monoisotopic (exact) mass is 541 g/mol. The fraction of sp³-hybridized carbons (Fsp3) is 0.577. The number of halogens is 2. The number of benzene rings is 1. The molecule has 10 heteroatoms. The first kappa shape index (κ1) is 28.4. The fourth-order valence-corrected chi connectivity index (χ4v) is 5.85. The number of fused-ring (bicyclic) bond motifs is 6. The number of esters is 1. The van der Waals surface area contributed by atoms with Gasteiger partial charge >= 0.3 is 5.97 Å². The molecule has 3 aliphatic heterocycles. The lowest BCUT2D eigenvalue weighted by Crippen LogP contribution is -2.51. The van der Waals surface area contributed by atoms with Gasteiger partial charge in [0.1, 0.15) is 6.61 Å². The van der Waals surface area contributed by atoms with Gasteiger partial charge in [0, 0.05) is 54.1 Å². The smallest absolute Gasteiger partial charge is 0.337 e. The highest BCUT2D eigenvalue weighted by Crippen LogP contribution is 2.48. The largest absolute Gasteiger partial charge is 0.497 e. The third kappa shape index (κ3) is 5.01. The topological polar surface area (TPSA) is 76.3 Å². The molecular formula is C26H37Cl2N3O5. The van der Waals surface area contributed by atoms with Gasteiger partial charge in [-0.3, -0.25) is 4.90 Å². The zero-order valence-electron chi connectivity index (χ0n) is 21.5. The quantitative estimate of drug-likeness (QED) is 0.554. The van der Waals surface area contributed by atoms with E-state index in [1.807, 2.05) is 25.1 Å². The van der Waals surface area contributed by atoms with Crippen molar-refractivity contribution >= 4 is 41.7 Å². The van der Waals surface area contributed by atoms with Crippen LogP contribution in [0.5, 0.6) is 11.5 Å². The van der Waals surface area contributed by atoms with Gasteiger partial charge in [0.05, 0.1) is 38.2 Å². The number of nitrogens with one attached hydrogen (secondary N) is 1. The van der Waals surface area contributed by atoms with Gasteiger partial charge in [0.2, 0.25) is 0 Å². The van der Waals surface area contributed by atoms with Crippen LogP contribution >= 0.6 is 24.8 Å². The lowest BCUT2D eigenvalue weighted by atomic mass is 9.72. The highest BCUT2D eigenvalue weighted by atomic mass is 35.5. The first-order valence-electron chi connectivity index (χ1n) is 12.1. The number of carbonyl (C=O) groups excluding carboxylic acids is 1. The van der Waals surface area contributed by atoms with Crippen LogP contribution in [0.25, 0.3) is 10.9 Å². The number of carbonyl (C=O) groups is 1. The van der Waals surface area contributed by atoms with E-state index in [4.69, 9.17) is 18.9 Å². The molecule has 3 aliphatic rings. The van der Waals surface area contributed by atoms with Crippen molar-refractivity contribution in [2.75, 3.05) is 54.6 Å². The second-order valence-electron chi connectivity index (χ2n) is 9.89.